The summed E-state index contributed by atoms with van der Waals surface area (Å²) >= 11 is 0. The number of carboxylic acid groups (broad SMARTS) is 2. The van der Waals surface area contributed by atoms with Crippen molar-refractivity contribution in [2.45, 2.75) is 265 Å². The first-order chi connectivity index (χ1) is 23.8. The molecule has 0 saturated heterocycles. The maximum Gasteiger partial charge on any atom is 0.309 e. The molecule has 0 heterocycles. The summed E-state index contributed by atoms with van der Waals surface area (Å²) in [7, 11) is 0. The molecule has 4 nitrogen and oxygen atoms in total. The molecule has 2 N–H and O–H groups in total. The zero-order valence-electron chi connectivity index (χ0n) is 33.9. The fraction of sp³-hybridized carbons (Fsp3) is 0.956. The van der Waals surface area contributed by atoms with Crippen LogP contribution in [0.5, 0.6) is 0 Å². The standard InChI is InChI=1S/C45H88O4/c1-5-9-13-17-26-32-38-44(42(46)47,36-30-15-11-7-3)40-34-28-24-22-20-19-21-23-25-29-35-41-45(43(48)49,37-31-16-12-8-4)39-33-27-18-14-10-6-2/h5-41H2,1-4H3,(H,46,47)(H,48,49). The summed E-state index contributed by atoms with van der Waals surface area (Å²) < 4.78 is 0. The molecule has 0 radical (unpaired) electrons. The molecule has 0 aromatic heterocycles. The molecule has 2 unspecified atom stereocenters. The Labute approximate surface area is 307 Å². The Morgan fingerprint density at radius 3 is 0.592 bits per heavy atom. The van der Waals surface area contributed by atoms with Gasteiger partial charge in [0.15, 0.2) is 0 Å². The minimum Gasteiger partial charge on any atom is -0.481 e. The van der Waals surface area contributed by atoms with Crippen LogP contribution < -0.4 is 0 Å². The number of carbonyl (C=O) groups is 2. The topological polar surface area (TPSA) is 74.6 Å². The fourth-order valence-corrected chi connectivity index (χ4v) is 8.18. The minimum atomic E-state index is -0.531. The van der Waals surface area contributed by atoms with Crippen molar-refractivity contribution in [1.82, 2.24) is 0 Å². The van der Waals surface area contributed by atoms with Gasteiger partial charge < -0.3 is 10.2 Å². The van der Waals surface area contributed by atoms with Crippen LogP contribution in [0.2, 0.25) is 0 Å². The Morgan fingerprint density at radius 1 is 0.286 bits per heavy atom. The van der Waals surface area contributed by atoms with E-state index in [-0.39, 0.29) is 0 Å². The van der Waals surface area contributed by atoms with Crippen molar-refractivity contribution >= 4 is 11.9 Å². The molecular weight excluding hydrogens is 604 g/mol. The van der Waals surface area contributed by atoms with Crippen molar-refractivity contribution in [2.75, 3.05) is 0 Å². The van der Waals surface area contributed by atoms with Gasteiger partial charge in [-0.15, -0.1) is 0 Å². The predicted molar refractivity (Wildman–Crippen MR) is 214 cm³/mol. The Kier molecular flexibility index (Phi) is 33.3. The Morgan fingerprint density at radius 2 is 0.429 bits per heavy atom. The lowest BCUT2D eigenvalue weighted by Gasteiger charge is -2.30. The van der Waals surface area contributed by atoms with Gasteiger partial charge in [-0.05, 0) is 38.5 Å². The molecule has 4 heteroatoms. The van der Waals surface area contributed by atoms with Crippen LogP contribution in [0, 0.1) is 10.8 Å². The summed E-state index contributed by atoms with van der Waals surface area (Å²) in [6.45, 7) is 8.94. The number of unbranched alkanes of at least 4 members (excludes halogenated alkanes) is 26. The normalized spacial score (nSPS) is 14.1. The molecule has 0 amide bonds. The molecule has 0 aliphatic rings. The first kappa shape index (κ1) is 47.9. The van der Waals surface area contributed by atoms with Gasteiger partial charge in [0.25, 0.3) is 0 Å². The zero-order valence-corrected chi connectivity index (χ0v) is 33.9. The number of hydrogen-bond donors (Lipinski definition) is 2. The van der Waals surface area contributed by atoms with E-state index in [0.717, 1.165) is 77.0 Å². The molecule has 0 aromatic carbocycles. The second-order valence-electron chi connectivity index (χ2n) is 16.2. The van der Waals surface area contributed by atoms with Crippen LogP contribution in [0.4, 0.5) is 0 Å². The summed E-state index contributed by atoms with van der Waals surface area (Å²) in [5.74, 6) is -1.06. The average Bonchev–Trinajstić information content (AvgIpc) is 3.09. The third-order valence-electron chi connectivity index (χ3n) is 11.8. The maximum absolute atomic E-state index is 12.6. The average molecular weight is 693 g/mol. The van der Waals surface area contributed by atoms with Gasteiger partial charge in [-0.3, -0.25) is 9.59 Å². The van der Waals surface area contributed by atoms with Crippen LogP contribution in [0.1, 0.15) is 265 Å². The lowest BCUT2D eigenvalue weighted by molar-refractivity contribution is -0.151. The highest BCUT2D eigenvalue weighted by molar-refractivity contribution is 5.75. The molecule has 0 aliphatic carbocycles. The fourth-order valence-electron chi connectivity index (χ4n) is 8.18. The van der Waals surface area contributed by atoms with Crippen molar-refractivity contribution in [1.29, 1.82) is 0 Å². The summed E-state index contributed by atoms with van der Waals surface area (Å²) in [6.07, 6.45) is 42.6. The van der Waals surface area contributed by atoms with E-state index in [2.05, 4.69) is 27.7 Å². The largest absolute Gasteiger partial charge is 0.481 e. The molecule has 2 atom stereocenters. The Bertz CT molecular complexity index is 676. The molecule has 0 fully saturated rings. The first-order valence-corrected chi connectivity index (χ1v) is 22.3. The highest BCUT2D eigenvalue weighted by atomic mass is 16.4. The number of rotatable bonds is 40. The first-order valence-electron chi connectivity index (χ1n) is 22.3. The van der Waals surface area contributed by atoms with Gasteiger partial charge >= 0.3 is 11.9 Å². The van der Waals surface area contributed by atoms with Crippen LogP contribution in [0.25, 0.3) is 0 Å². The second kappa shape index (κ2) is 34.0. The molecule has 49 heavy (non-hydrogen) atoms. The molecule has 0 saturated carbocycles. The van der Waals surface area contributed by atoms with Gasteiger partial charge in [0.2, 0.25) is 0 Å². The van der Waals surface area contributed by atoms with Gasteiger partial charge in [-0.25, -0.2) is 0 Å². The third kappa shape index (κ3) is 25.5. The van der Waals surface area contributed by atoms with Crippen LogP contribution in [-0.4, -0.2) is 22.2 Å². The highest BCUT2D eigenvalue weighted by Gasteiger charge is 2.37. The van der Waals surface area contributed by atoms with E-state index in [4.69, 9.17) is 0 Å². The summed E-state index contributed by atoms with van der Waals surface area (Å²) in [4.78, 5) is 25.2. The lowest BCUT2D eigenvalue weighted by atomic mass is 9.74. The van der Waals surface area contributed by atoms with Gasteiger partial charge in [0.05, 0.1) is 10.8 Å². The van der Waals surface area contributed by atoms with Crippen LogP contribution in [0.3, 0.4) is 0 Å². The highest BCUT2D eigenvalue weighted by Crippen LogP contribution is 2.39. The van der Waals surface area contributed by atoms with E-state index in [1.165, 1.54) is 161 Å². The Balaban J connectivity index is 4.39. The lowest BCUT2D eigenvalue weighted by Crippen LogP contribution is -2.31. The van der Waals surface area contributed by atoms with Gasteiger partial charge in [-0.2, -0.15) is 0 Å². The maximum atomic E-state index is 12.6. The van der Waals surface area contributed by atoms with Crippen molar-refractivity contribution in [2.24, 2.45) is 10.8 Å². The van der Waals surface area contributed by atoms with Gasteiger partial charge in [0.1, 0.15) is 0 Å². The van der Waals surface area contributed by atoms with E-state index in [1.54, 1.807) is 0 Å². The smallest absolute Gasteiger partial charge is 0.309 e. The van der Waals surface area contributed by atoms with Crippen LogP contribution in [0.15, 0.2) is 0 Å². The molecule has 0 aromatic rings. The molecule has 292 valence electrons. The van der Waals surface area contributed by atoms with E-state index in [1.807, 2.05) is 0 Å². The van der Waals surface area contributed by atoms with Crippen molar-refractivity contribution < 1.29 is 19.8 Å². The van der Waals surface area contributed by atoms with E-state index in [9.17, 15) is 19.8 Å². The molecule has 0 aliphatic heterocycles. The molecule has 0 spiro atoms. The number of hydrogen-bond acceptors (Lipinski definition) is 2. The zero-order chi connectivity index (χ0) is 36.3. The predicted octanol–water partition coefficient (Wildman–Crippen LogP) is 15.6. The third-order valence-corrected chi connectivity index (χ3v) is 11.8. The summed E-state index contributed by atoms with van der Waals surface area (Å²) in [5, 5.41) is 20.7. The minimum absolute atomic E-state index is 0.494. The van der Waals surface area contributed by atoms with Crippen molar-refractivity contribution in [3.05, 3.63) is 0 Å². The van der Waals surface area contributed by atoms with Gasteiger partial charge in [0, 0.05) is 0 Å². The quantitative estimate of drug-likeness (QED) is 0.0627. The van der Waals surface area contributed by atoms with Crippen molar-refractivity contribution in [3.8, 4) is 0 Å². The molecular formula is C45H88O4. The van der Waals surface area contributed by atoms with E-state index >= 15 is 0 Å². The monoisotopic (exact) mass is 693 g/mol. The number of aliphatic carboxylic acids is 2. The molecule has 0 bridgehead atoms. The SMILES string of the molecule is CCCCCCCCC(CCCCCC)(CCCCCCCCCCCCCC(CCCCCC)(CCCCCCCC)C(=O)O)C(=O)O. The van der Waals surface area contributed by atoms with Crippen LogP contribution in [-0.2, 0) is 9.59 Å². The van der Waals surface area contributed by atoms with Crippen molar-refractivity contribution in [3.63, 3.8) is 0 Å². The Hall–Kier alpha value is -1.06. The second-order valence-corrected chi connectivity index (χ2v) is 16.2. The van der Waals surface area contributed by atoms with Crippen LogP contribution >= 0.6 is 0 Å². The summed E-state index contributed by atoms with van der Waals surface area (Å²) in [5.41, 5.74) is -0.988. The van der Waals surface area contributed by atoms with E-state index < -0.39 is 22.8 Å². The van der Waals surface area contributed by atoms with Gasteiger partial charge in [-0.1, -0.05) is 227 Å². The summed E-state index contributed by atoms with van der Waals surface area (Å²) in [6, 6.07) is 0. The number of carboxylic acids is 2. The van der Waals surface area contributed by atoms with E-state index in [0.29, 0.717) is 0 Å². The molecule has 0 rings (SSSR count).